The van der Waals surface area contributed by atoms with Crippen molar-refractivity contribution in [2.75, 3.05) is 13.2 Å². The van der Waals surface area contributed by atoms with E-state index >= 15 is 0 Å². The fourth-order valence-electron chi connectivity index (χ4n) is 1.68. The van der Waals surface area contributed by atoms with Crippen LogP contribution in [0.2, 0.25) is 0 Å². The van der Waals surface area contributed by atoms with Crippen molar-refractivity contribution >= 4 is 19.6 Å². The summed E-state index contributed by atoms with van der Waals surface area (Å²) in [5.74, 6) is -1.23. The summed E-state index contributed by atoms with van der Waals surface area (Å²) in [5, 5.41) is 3.47. The first-order valence-corrected chi connectivity index (χ1v) is 4.87. The highest BCUT2D eigenvalue weighted by atomic mass is 16.5. The number of hydrogen-bond donors (Lipinski definition) is 0. The van der Waals surface area contributed by atoms with E-state index in [9.17, 15) is 9.59 Å². The van der Waals surface area contributed by atoms with E-state index in [0.29, 0.717) is 0 Å². The lowest BCUT2D eigenvalue weighted by Gasteiger charge is -2.21. The molecule has 1 aliphatic heterocycles. The first kappa shape index (κ1) is 12.4. The average molecular weight is 222 g/mol. The minimum atomic E-state index is -0.743. The van der Waals surface area contributed by atoms with Crippen LogP contribution < -0.4 is 0 Å². The fraction of sp³-hybridized carbons (Fsp3) is 0.750. The minimum absolute atomic E-state index is 0.156. The second-order valence-corrected chi connectivity index (χ2v) is 3.35. The fourth-order valence-corrected chi connectivity index (χ4v) is 1.68. The van der Waals surface area contributed by atoms with E-state index in [1.54, 1.807) is 6.92 Å². The van der Waals surface area contributed by atoms with Gasteiger partial charge in [-0.15, -0.1) is 0 Å². The summed E-state index contributed by atoms with van der Waals surface area (Å²) in [7, 11) is 5.12. The molecule has 0 N–H and O–H groups in total. The van der Waals surface area contributed by atoms with E-state index in [-0.39, 0.29) is 19.6 Å². The van der Waals surface area contributed by atoms with Crippen LogP contribution in [0.1, 0.15) is 13.3 Å². The zero-order valence-corrected chi connectivity index (χ0v) is 8.87. The Balaban J connectivity index is 2.76. The lowest BCUT2D eigenvalue weighted by Crippen LogP contribution is -2.40. The third-order valence-corrected chi connectivity index (χ3v) is 2.34. The van der Waals surface area contributed by atoms with Gasteiger partial charge in [-0.3, -0.25) is 4.79 Å². The number of likely N-dealkylation sites (tertiary alicyclic amines) is 1. The van der Waals surface area contributed by atoms with Crippen LogP contribution in [0.4, 0.5) is 4.79 Å². The molecule has 1 rings (SSSR count). The summed E-state index contributed by atoms with van der Waals surface area (Å²) < 4.78 is 4.81. The average Bonchev–Trinajstić information content (AvgIpc) is 2.63. The molecule has 2 radical (unpaired) electrons. The molecule has 0 aromatic rings. The molecule has 0 saturated carbocycles. The van der Waals surface area contributed by atoms with Crippen LogP contribution in [-0.4, -0.2) is 49.8 Å². The van der Waals surface area contributed by atoms with Crippen LogP contribution >= 0.6 is 0 Å². The Morgan fingerprint density at radius 3 is 2.88 bits per heavy atom. The van der Waals surface area contributed by atoms with Gasteiger partial charge in [0.15, 0.2) is 5.81 Å². The molecule has 0 aliphatic carbocycles. The quantitative estimate of drug-likeness (QED) is 0.230. The maximum absolute atomic E-state index is 11.5. The van der Waals surface area contributed by atoms with Crippen molar-refractivity contribution < 1.29 is 14.3 Å². The number of azide groups is 1. The molecular weight excluding hydrogens is 211 g/mol. The summed E-state index contributed by atoms with van der Waals surface area (Å²) >= 11 is 0. The van der Waals surface area contributed by atoms with Gasteiger partial charge in [0.05, 0.1) is 12.6 Å². The van der Waals surface area contributed by atoms with Crippen molar-refractivity contribution in [1.82, 2.24) is 4.90 Å². The molecule has 0 spiro atoms. The predicted molar refractivity (Wildman–Crippen MR) is 55.8 cm³/mol. The molecule has 8 heteroatoms. The van der Waals surface area contributed by atoms with Crippen LogP contribution in [0.3, 0.4) is 0 Å². The van der Waals surface area contributed by atoms with Gasteiger partial charge in [0.2, 0.25) is 7.85 Å². The Bertz CT molecular complexity index is 342. The Morgan fingerprint density at radius 2 is 2.38 bits per heavy atom. The van der Waals surface area contributed by atoms with Gasteiger partial charge >= 0.3 is 5.97 Å². The maximum Gasteiger partial charge on any atom is 0.328 e. The number of nitrogens with zero attached hydrogens (tertiary/aromatic N) is 4. The van der Waals surface area contributed by atoms with Crippen molar-refractivity contribution in [2.24, 2.45) is 5.11 Å². The number of hydrogen-bond acceptors (Lipinski definition) is 4. The monoisotopic (exact) mass is 222 g/mol. The molecule has 1 heterocycles. The topological polar surface area (TPSA) is 95.4 Å². The van der Waals surface area contributed by atoms with Crippen LogP contribution in [-0.2, 0) is 9.53 Å². The van der Waals surface area contributed by atoms with Crippen LogP contribution in [0.15, 0.2) is 5.11 Å². The highest BCUT2D eigenvalue weighted by Crippen LogP contribution is 2.21. The Labute approximate surface area is 93.8 Å². The van der Waals surface area contributed by atoms with E-state index in [4.69, 9.17) is 18.1 Å². The number of amides is 1. The molecule has 2 atom stereocenters. The molecule has 16 heavy (non-hydrogen) atoms. The van der Waals surface area contributed by atoms with Crippen LogP contribution in [0.5, 0.6) is 0 Å². The molecule has 1 aliphatic rings. The SMILES string of the molecule is [B]C(=O)N1C[C@H](N=[N+]=[N-])C[C@@H]1C(=O)OCC. The molecule has 7 nitrogen and oxygen atoms in total. The largest absolute Gasteiger partial charge is 0.464 e. The highest BCUT2D eigenvalue weighted by molar-refractivity contribution is 6.57. The highest BCUT2D eigenvalue weighted by Gasteiger charge is 2.38. The second-order valence-electron chi connectivity index (χ2n) is 3.35. The first-order chi connectivity index (χ1) is 7.60. The van der Waals surface area contributed by atoms with Crippen LogP contribution in [0.25, 0.3) is 10.4 Å². The molecule has 0 aromatic heterocycles. The molecule has 0 aromatic carbocycles. The standard InChI is InChI=1S/C8H11BN4O3/c1-2-16-7(14)6-3-5(11-12-10)4-13(6)8(9)15/h5-6H,2-4H2,1H3/t5-,6-/m1/s1. The predicted octanol–water partition coefficient (Wildman–Crippen LogP) is 0.591. The minimum Gasteiger partial charge on any atom is -0.464 e. The van der Waals surface area contributed by atoms with Gasteiger partial charge in [0, 0.05) is 11.5 Å². The van der Waals surface area contributed by atoms with Gasteiger partial charge in [-0.2, -0.15) is 0 Å². The molecular formula is C8H11BN4O3. The van der Waals surface area contributed by atoms with E-state index < -0.39 is 23.9 Å². The van der Waals surface area contributed by atoms with Gasteiger partial charge in [0.1, 0.15) is 6.04 Å². The van der Waals surface area contributed by atoms with E-state index in [1.807, 2.05) is 0 Å². The summed E-state index contributed by atoms with van der Waals surface area (Å²) in [4.78, 5) is 26.4. The Morgan fingerprint density at radius 1 is 1.69 bits per heavy atom. The molecule has 0 bridgehead atoms. The number of esters is 1. The zero-order valence-electron chi connectivity index (χ0n) is 8.87. The normalized spacial score (nSPS) is 23.7. The van der Waals surface area contributed by atoms with Gasteiger partial charge in [0.25, 0.3) is 0 Å². The number of carbonyl (C=O) groups excluding carboxylic acids is 2. The van der Waals surface area contributed by atoms with Crippen molar-refractivity contribution in [3.05, 3.63) is 10.4 Å². The van der Waals surface area contributed by atoms with Crippen molar-refractivity contribution in [1.29, 1.82) is 0 Å². The second kappa shape index (κ2) is 5.41. The van der Waals surface area contributed by atoms with Gasteiger partial charge in [-0.1, -0.05) is 5.11 Å². The third kappa shape index (κ3) is 2.67. The number of ether oxygens (including phenoxy) is 1. The summed E-state index contributed by atoms with van der Waals surface area (Å²) in [6.07, 6.45) is 0.256. The Kier molecular flexibility index (Phi) is 4.19. The number of rotatable bonds is 3. The smallest absolute Gasteiger partial charge is 0.328 e. The molecule has 1 saturated heterocycles. The van der Waals surface area contributed by atoms with Gasteiger partial charge < -0.3 is 9.64 Å². The summed E-state index contributed by atoms with van der Waals surface area (Å²) in [6, 6.07) is -1.17. The van der Waals surface area contributed by atoms with Crippen LogP contribution in [0, 0.1) is 0 Å². The lowest BCUT2D eigenvalue weighted by molar-refractivity contribution is -0.147. The third-order valence-electron chi connectivity index (χ3n) is 2.34. The summed E-state index contributed by atoms with van der Waals surface area (Å²) in [6.45, 7) is 2.06. The molecule has 84 valence electrons. The lowest BCUT2D eigenvalue weighted by atomic mass is 10.1. The van der Waals surface area contributed by atoms with Crippen molar-refractivity contribution in [2.45, 2.75) is 25.4 Å². The summed E-state index contributed by atoms with van der Waals surface area (Å²) in [5.41, 5.74) is 8.29. The first-order valence-electron chi connectivity index (χ1n) is 4.87. The van der Waals surface area contributed by atoms with Gasteiger partial charge in [-0.05, 0) is 18.9 Å². The van der Waals surface area contributed by atoms with E-state index in [2.05, 4.69) is 10.0 Å². The maximum atomic E-state index is 11.5. The Hall–Kier alpha value is -1.69. The molecule has 1 amide bonds. The molecule has 1 fully saturated rings. The van der Waals surface area contributed by atoms with E-state index in [0.717, 1.165) is 4.90 Å². The van der Waals surface area contributed by atoms with E-state index in [1.165, 1.54) is 0 Å². The number of carbonyl (C=O) groups is 2. The van der Waals surface area contributed by atoms with Crippen molar-refractivity contribution in [3.63, 3.8) is 0 Å². The van der Waals surface area contributed by atoms with Crippen molar-refractivity contribution in [3.8, 4) is 0 Å². The van der Waals surface area contributed by atoms with Gasteiger partial charge in [-0.25, -0.2) is 4.79 Å². The molecule has 0 unspecified atom stereocenters. The zero-order chi connectivity index (χ0) is 12.1.